The van der Waals surface area contributed by atoms with E-state index in [9.17, 15) is 14.0 Å². The molecule has 0 aliphatic carbocycles. The van der Waals surface area contributed by atoms with Crippen molar-refractivity contribution in [3.63, 3.8) is 0 Å². The molecule has 4 rings (SSSR count). The molecule has 9 nitrogen and oxygen atoms in total. The van der Waals surface area contributed by atoms with Crippen LogP contribution in [0.2, 0.25) is 0 Å². The summed E-state index contributed by atoms with van der Waals surface area (Å²) in [5, 5.41) is 8.98. The van der Waals surface area contributed by atoms with Gasteiger partial charge in [0.25, 0.3) is 5.91 Å². The molecule has 34 heavy (non-hydrogen) atoms. The third-order valence-corrected chi connectivity index (χ3v) is 6.51. The van der Waals surface area contributed by atoms with Crippen molar-refractivity contribution >= 4 is 23.6 Å². The van der Waals surface area contributed by atoms with Gasteiger partial charge in [0.15, 0.2) is 10.9 Å². The Bertz CT molecular complexity index is 1170. The van der Waals surface area contributed by atoms with E-state index < -0.39 is 0 Å². The van der Waals surface area contributed by atoms with Gasteiger partial charge >= 0.3 is 5.97 Å². The minimum Gasteiger partial charge on any atom is -0.469 e. The lowest BCUT2D eigenvalue weighted by atomic mass is 9.97. The number of piperidine rings is 1. The topological polar surface area (TPSA) is 103 Å². The first-order chi connectivity index (χ1) is 16.4. The van der Waals surface area contributed by atoms with Crippen molar-refractivity contribution in [1.82, 2.24) is 29.9 Å². The standard InChI is InChI=1S/C23H25FN6O3S/c1-14-12-15(2)26-23(25-14)34-13-19-20(27-28-30(19)18-6-4-17(24)5-7-18)21(31)29-10-8-16(9-11-29)22(32)33-3/h4-7,12,16H,8-11,13H2,1-3H3. The van der Waals surface area contributed by atoms with Crippen molar-refractivity contribution in [2.45, 2.75) is 37.6 Å². The second-order valence-corrected chi connectivity index (χ2v) is 9.03. The molecule has 3 aromatic rings. The molecule has 1 saturated heterocycles. The molecule has 0 saturated carbocycles. The van der Waals surface area contributed by atoms with Gasteiger partial charge in [0, 0.05) is 30.2 Å². The first-order valence-electron chi connectivity index (χ1n) is 10.9. The van der Waals surface area contributed by atoms with Crippen LogP contribution in [0.4, 0.5) is 4.39 Å². The van der Waals surface area contributed by atoms with E-state index in [4.69, 9.17) is 4.74 Å². The number of benzene rings is 1. The lowest BCUT2D eigenvalue weighted by Gasteiger charge is -2.30. The number of likely N-dealkylation sites (tertiary alicyclic amines) is 1. The van der Waals surface area contributed by atoms with Crippen molar-refractivity contribution in [3.8, 4) is 5.69 Å². The minimum atomic E-state index is -0.367. The smallest absolute Gasteiger partial charge is 0.308 e. The van der Waals surface area contributed by atoms with Crippen molar-refractivity contribution in [3.05, 3.63) is 58.9 Å². The average molecular weight is 485 g/mol. The fourth-order valence-corrected chi connectivity index (χ4v) is 4.85. The number of carbonyl (C=O) groups is 2. The summed E-state index contributed by atoms with van der Waals surface area (Å²) in [5.74, 6) is -0.741. The van der Waals surface area contributed by atoms with Crippen LogP contribution in [0.25, 0.3) is 5.69 Å². The molecule has 2 aromatic heterocycles. The molecule has 3 heterocycles. The molecular weight excluding hydrogens is 459 g/mol. The van der Waals surface area contributed by atoms with Crippen LogP contribution in [0.3, 0.4) is 0 Å². The third-order valence-electron chi connectivity index (χ3n) is 5.65. The van der Waals surface area contributed by atoms with Gasteiger partial charge in [0.2, 0.25) is 0 Å². The molecule has 1 amide bonds. The number of halogens is 1. The number of hydrogen-bond donors (Lipinski definition) is 0. The number of rotatable bonds is 6. The van der Waals surface area contributed by atoms with Gasteiger partial charge in [-0.3, -0.25) is 9.59 Å². The zero-order valence-corrected chi connectivity index (χ0v) is 20.0. The predicted molar refractivity (Wildman–Crippen MR) is 123 cm³/mol. The van der Waals surface area contributed by atoms with E-state index in [0.29, 0.717) is 48.2 Å². The second kappa shape index (κ2) is 10.3. The van der Waals surface area contributed by atoms with E-state index in [0.717, 1.165) is 11.4 Å². The number of aryl methyl sites for hydroxylation is 2. The fourth-order valence-electron chi connectivity index (χ4n) is 3.91. The SMILES string of the molecule is COC(=O)C1CCN(C(=O)c2nnn(-c3ccc(F)cc3)c2CSc2nc(C)cc(C)n2)CC1. The number of amides is 1. The summed E-state index contributed by atoms with van der Waals surface area (Å²) in [6.45, 7) is 4.65. The van der Waals surface area contributed by atoms with Gasteiger partial charge in [-0.05, 0) is 57.0 Å². The number of esters is 1. The van der Waals surface area contributed by atoms with Crippen LogP contribution < -0.4 is 0 Å². The van der Waals surface area contributed by atoms with Crippen molar-refractivity contribution in [2.24, 2.45) is 5.92 Å². The Balaban J connectivity index is 1.61. The molecular formula is C23H25FN6O3S. The number of aromatic nitrogens is 5. The highest BCUT2D eigenvalue weighted by atomic mass is 32.2. The molecule has 0 N–H and O–H groups in total. The molecule has 1 aromatic carbocycles. The van der Waals surface area contributed by atoms with Crippen LogP contribution in [0, 0.1) is 25.6 Å². The highest BCUT2D eigenvalue weighted by Gasteiger charge is 2.31. The monoisotopic (exact) mass is 484 g/mol. The second-order valence-electron chi connectivity index (χ2n) is 8.08. The summed E-state index contributed by atoms with van der Waals surface area (Å²) in [6, 6.07) is 7.73. The summed E-state index contributed by atoms with van der Waals surface area (Å²) >= 11 is 1.37. The molecule has 1 aliphatic heterocycles. The largest absolute Gasteiger partial charge is 0.469 e. The first-order valence-corrected chi connectivity index (χ1v) is 11.9. The molecule has 0 spiro atoms. The van der Waals surface area contributed by atoms with Gasteiger partial charge in [0.05, 0.1) is 24.4 Å². The van der Waals surface area contributed by atoms with Crippen LogP contribution >= 0.6 is 11.8 Å². The molecule has 0 unspecified atom stereocenters. The van der Waals surface area contributed by atoms with E-state index in [1.807, 2.05) is 19.9 Å². The molecule has 1 aliphatic rings. The molecule has 0 radical (unpaired) electrons. The summed E-state index contributed by atoms with van der Waals surface area (Å²) in [4.78, 5) is 35.8. The van der Waals surface area contributed by atoms with Gasteiger partial charge in [0.1, 0.15) is 5.82 Å². The third kappa shape index (κ3) is 5.24. The number of hydrogen-bond acceptors (Lipinski definition) is 8. The van der Waals surface area contributed by atoms with E-state index in [-0.39, 0.29) is 29.3 Å². The Labute approximate surface area is 200 Å². The maximum atomic E-state index is 13.5. The maximum absolute atomic E-state index is 13.5. The quantitative estimate of drug-likeness (QED) is 0.299. The lowest BCUT2D eigenvalue weighted by molar-refractivity contribution is -0.146. The first kappa shape index (κ1) is 23.8. The van der Waals surface area contributed by atoms with Gasteiger partial charge in [-0.25, -0.2) is 19.0 Å². The van der Waals surface area contributed by atoms with Gasteiger partial charge < -0.3 is 9.64 Å². The van der Waals surface area contributed by atoms with E-state index >= 15 is 0 Å². The number of ether oxygens (including phenoxy) is 1. The highest BCUT2D eigenvalue weighted by molar-refractivity contribution is 7.98. The van der Waals surface area contributed by atoms with Gasteiger partial charge in [-0.1, -0.05) is 17.0 Å². The lowest BCUT2D eigenvalue weighted by Crippen LogP contribution is -2.41. The van der Waals surface area contributed by atoms with E-state index in [1.165, 1.54) is 31.0 Å². The fraction of sp³-hybridized carbons (Fsp3) is 0.391. The average Bonchev–Trinajstić information content (AvgIpc) is 3.25. The van der Waals surface area contributed by atoms with E-state index in [2.05, 4.69) is 20.3 Å². The van der Waals surface area contributed by atoms with Crippen LogP contribution in [-0.2, 0) is 15.3 Å². The Hall–Kier alpha value is -3.34. The van der Waals surface area contributed by atoms with Gasteiger partial charge in [-0.15, -0.1) is 5.10 Å². The van der Waals surface area contributed by atoms with Crippen LogP contribution in [-0.4, -0.2) is 61.9 Å². The summed E-state index contributed by atoms with van der Waals surface area (Å²) in [5.41, 5.74) is 3.08. The van der Waals surface area contributed by atoms with E-state index in [1.54, 1.807) is 21.7 Å². The van der Waals surface area contributed by atoms with Crippen molar-refractivity contribution in [1.29, 1.82) is 0 Å². The number of methoxy groups -OCH3 is 1. The van der Waals surface area contributed by atoms with Gasteiger partial charge in [-0.2, -0.15) is 0 Å². The molecule has 1 fully saturated rings. The number of thioether (sulfide) groups is 1. The van der Waals surface area contributed by atoms with Crippen molar-refractivity contribution in [2.75, 3.05) is 20.2 Å². The molecule has 0 atom stereocenters. The van der Waals surface area contributed by atoms with Crippen LogP contribution in [0.15, 0.2) is 35.5 Å². The summed E-state index contributed by atoms with van der Waals surface area (Å²) < 4.78 is 19.9. The van der Waals surface area contributed by atoms with Crippen LogP contribution in [0.5, 0.6) is 0 Å². The Morgan fingerprint density at radius 1 is 1.12 bits per heavy atom. The predicted octanol–water partition coefficient (Wildman–Crippen LogP) is 3.13. The van der Waals surface area contributed by atoms with Crippen molar-refractivity contribution < 1.29 is 18.7 Å². The zero-order valence-electron chi connectivity index (χ0n) is 19.2. The Morgan fingerprint density at radius 3 is 2.38 bits per heavy atom. The highest BCUT2D eigenvalue weighted by Crippen LogP contribution is 2.26. The number of nitrogens with zero attached hydrogens (tertiary/aromatic N) is 6. The summed E-state index contributed by atoms with van der Waals surface area (Å²) in [6.07, 6.45) is 1.07. The summed E-state index contributed by atoms with van der Waals surface area (Å²) in [7, 11) is 1.37. The molecule has 178 valence electrons. The minimum absolute atomic E-state index is 0.208. The normalized spacial score (nSPS) is 14.3. The molecule has 11 heteroatoms. The maximum Gasteiger partial charge on any atom is 0.308 e. The molecule has 0 bridgehead atoms. The Morgan fingerprint density at radius 2 is 1.76 bits per heavy atom. The Kier molecular flexibility index (Phi) is 7.20. The zero-order chi connectivity index (χ0) is 24.2. The van der Waals surface area contributed by atoms with Crippen LogP contribution in [0.1, 0.15) is 40.4 Å². The number of carbonyl (C=O) groups excluding carboxylic acids is 2.